The summed E-state index contributed by atoms with van der Waals surface area (Å²) in [6.07, 6.45) is 6.48. The van der Waals surface area contributed by atoms with Gasteiger partial charge in [0.25, 0.3) is 0 Å². The summed E-state index contributed by atoms with van der Waals surface area (Å²) in [6, 6.07) is 0. The summed E-state index contributed by atoms with van der Waals surface area (Å²) in [5.41, 5.74) is -0.0683. The second-order valence-electron chi connectivity index (χ2n) is 3.25. The molecule has 0 amide bonds. The predicted octanol–water partition coefficient (Wildman–Crippen LogP) is 3.65. The maximum atomic E-state index is 12.9. The van der Waals surface area contributed by atoms with E-state index in [0.29, 0.717) is 0 Å². The van der Waals surface area contributed by atoms with Crippen LogP contribution in [0.5, 0.6) is 0 Å². The fourth-order valence-electron chi connectivity index (χ4n) is 0.720. The summed E-state index contributed by atoms with van der Waals surface area (Å²) < 4.78 is 12.9. The topological polar surface area (TPSA) is 0 Å². The van der Waals surface area contributed by atoms with Gasteiger partial charge in [0.2, 0.25) is 0 Å². The van der Waals surface area contributed by atoms with Gasteiger partial charge in [-0.3, -0.25) is 0 Å². The monoisotopic (exact) mass is 156 g/mol. The maximum absolute atomic E-state index is 12.9. The molecule has 0 aromatic heterocycles. The molecule has 0 aromatic rings. The molecule has 0 rings (SSSR count). The van der Waals surface area contributed by atoms with E-state index in [-0.39, 0.29) is 0 Å². The Morgan fingerprint density at radius 2 is 2.00 bits per heavy atom. The van der Waals surface area contributed by atoms with Crippen molar-refractivity contribution in [3.05, 3.63) is 23.8 Å². The van der Waals surface area contributed by atoms with Crippen LogP contribution in [0.15, 0.2) is 23.8 Å². The Morgan fingerprint density at radius 1 is 1.45 bits per heavy atom. The Kier molecular flexibility index (Phi) is 4.09. The molecule has 64 valence electrons. The highest BCUT2D eigenvalue weighted by Gasteiger charge is 2.08. The largest absolute Gasteiger partial charge is 0.240 e. The van der Waals surface area contributed by atoms with Crippen LogP contribution in [0.3, 0.4) is 0 Å². The van der Waals surface area contributed by atoms with Gasteiger partial charge in [-0.15, -0.1) is 0 Å². The minimum absolute atomic E-state index is 1.00. The SMILES string of the molecule is CC/C=C(C)\C=C/C(C)(C)F. The highest BCUT2D eigenvalue weighted by molar-refractivity contribution is 5.18. The van der Waals surface area contributed by atoms with Gasteiger partial charge < -0.3 is 0 Å². The fourth-order valence-corrected chi connectivity index (χ4v) is 0.720. The van der Waals surface area contributed by atoms with Crippen molar-refractivity contribution in [2.24, 2.45) is 0 Å². The molecule has 0 spiro atoms. The fraction of sp³-hybridized carbons (Fsp3) is 0.600. The van der Waals surface area contributed by atoms with E-state index in [2.05, 4.69) is 13.0 Å². The van der Waals surface area contributed by atoms with Gasteiger partial charge in [0.05, 0.1) is 0 Å². The van der Waals surface area contributed by atoms with E-state index in [9.17, 15) is 4.39 Å². The van der Waals surface area contributed by atoms with Crippen LogP contribution in [0.25, 0.3) is 0 Å². The smallest absolute Gasteiger partial charge is 0.123 e. The zero-order valence-electron chi connectivity index (χ0n) is 7.82. The number of halogens is 1. The quantitative estimate of drug-likeness (QED) is 0.547. The van der Waals surface area contributed by atoms with Crippen molar-refractivity contribution in [3.8, 4) is 0 Å². The third-order valence-electron chi connectivity index (χ3n) is 1.27. The average molecular weight is 156 g/mol. The summed E-state index contributed by atoms with van der Waals surface area (Å²) in [6.45, 7) is 7.13. The Balaban J connectivity index is 4.03. The molecule has 0 saturated heterocycles. The average Bonchev–Trinajstić information content (AvgIpc) is 1.83. The first-order valence-electron chi connectivity index (χ1n) is 4.00. The van der Waals surface area contributed by atoms with Crippen molar-refractivity contribution in [2.45, 2.75) is 39.8 Å². The Labute approximate surface area is 68.8 Å². The van der Waals surface area contributed by atoms with E-state index in [4.69, 9.17) is 0 Å². The van der Waals surface area contributed by atoms with E-state index in [0.717, 1.165) is 12.0 Å². The minimum Gasteiger partial charge on any atom is -0.240 e. The maximum Gasteiger partial charge on any atom is 0.123 e. The molecule has 0 atom stereocenters. The second-order valence-corrected chi connectivity index (χ2v) is 3.25. The number of rotatable bonds is 3. The lowest BCUT2D eigenvalue weighted by molar-refractivity contribution is 0.287. The Morgan fingerprint density at radius 3 is 2.36 bits per heavy atom. The molecule has 0 aliphatic heterocycles. The summed E-state index contributed by atoms with van der Waals surface area (Å²) in [7, 11) is 0. The van der Waals surface area contributed by atoms with Crippen LogP contribution in [0.4, 0.5) is 4.39 Å². The number of hydrogen-bond acceptors (Lipinski definition) is 0. The van der Waals surface area contributed by atoms with Gasteiger partial charge in [0.15, 0.2) is 0 Å². The van der Waals surface area contributed by atoms with Gasteiger partial charge in [-0.1, -0.05) is 24.6 Å². The number of alkyl halides is 1. The molecule has 0 N–H and O–H groups in total. The third-order valence-corrected chi connectivity index (χ3v) is 1.27. The summed E-state index contributed by atoms with van der Waals surface area (Å²) in [5, 5.41) is 0. The lowest BCUT2D eigenvalue weighted by atomic mass is 10.1. The van der Waals surface area contributed by atoms with Crippen LogP contribution in [0, 0.1) is 0 Å². The van der Waals surface area contributed by atoms with Crippen LogP contribution in [-0.2, 0) is 0 Å². The zero-order chi connectivity index (χ0) is 8.91. The number of hydrogen-bond donors (Lipinski definition) is 0. The molecule has 0 aliphatic rings. The molecule has 11 heavy (non-hydrogen) atoms. The zero-order valence-corrected chi connectivity index (χ0v) is 7.82. The lowest BCUT2D eigenvalue weighted by Crippen LogP contribution is -2.05. The minimum atomic E-state index is -1.19. The van der Waals surface area contributed by atoms with Gasteiger partial charge in [-0.05, 0) is 33.3 Å². The first kappa shape index (κ1) is 10.4. The Bertz CT molecular complexity index is 158. The molecule has 0 unspecified atom stereocenters. The number of allylic oxidation sites excluding steroid dienone is 4. The third kappa shape index (κ3) is 7.31. The summed E-state index contributed by atoms with van der Waals surface area (Å²) >= 11 is 0. The molecular weight excluding hydrogens is 139 g/mol. The standard InChI is InChI=1S/C10H17F/c1-5-6-9(2)7-8-10(3,4)11/h6-8H,5H2,1-4H3/b8-7-,9-6-. The Hall–Kier alpha value is -0.590. The molecule has 0 saturated carbocycles. The van der Waals surface area contributed by atoms with E-state index >= 15 is 0 Å². The highest BCUT2D eigenvalue weighted by Crippen LogP contribution is 2.11. The van der Waals surface area contributed by atoms with Gasteiger partial charge >= 0.3 is 0 Å². The van der Waals surface area contributed by atoms with Gasteiger partial charge in [-0.25, -0.2) is 4.39 Å². The first-order chi connectivity index (χ1) is 4.95. The first-order valence-corrected chi connectivity index (χ1v) is 4.00. The molecule has 0 bridgehead atoms. The van der Waals surface area contributed by atoms with Crippen molar-refractivity contribution in [2.75, 3.05) is 0 Å². The molecule has 0 nitrogen and oxygen atoms in total. The van der Waals surface area contributed by atoms with E-state index in [1.165, 1.54) is 0 Å². The summed E-state index contributed by atoms with van der Waals surface area (Å²) in [5.74, 6) is 0. The highest BCUT2D eigenvalue weighted by atomic mass is 19.1. The summed E-state index contributed by atoms with van der Waals surface area (Å²) in [4.78, 5) is 0. The van der Waals surface area contributed by atoms with E-state index in [1.807, 2.05) is 13.0 Å². The second kappa shape index (κ2) is 4.32. The van der Waals surface area contributed by atoms with Crippen molar-refractivity contribution in [1.29, 1.82) is 0 Å². The normalized spacial score (nSPS) is 14.5. The van der Waals surface area contributed by atoms with E-state index in [1.54, 1.807) is 19.9 Å². The van der Waals surface area contributed by atoms with Crippen LogP contribution in [0.2, 0.25) is 0 Å². The van der Waals surface area contributed by atoms with Crippen LogP contribution < -0.4 is 0 Å². The lowest BCUT2D eigenvalue weighted by Gasteiger charge is -2.05. The van der Waals surface area contributed by atoms with Crippen LogP contribution in [-0.4, -0.2) is 5.67 Å². The predicted molar refractivity (Wildman–Crippen MR) is 48.4 cm³/mol. The van der Waals surface area contributed by atoms with Crippen molar-refractivity contribution in [3.63, 3.8) is 0 Å². The van der Waals surface area contributed by atoms with Gasteiger partial charge in [-0.2, -0.15) is 0 Å². The molecular formula is C10H17F. The molecule has 0 aromatic carbocycles. The molecule has 0 fully saturated rings. The van der Waals surface area contributed by atoms with Crippen molar-refractivity contribution < 1.29 is 4.39 Å². The van der Waals surface area contributed by atoms with Crippen molar-refractivity contribution in [1.82, 2.24) is 0 Å². The molecule has 0 aliphatic carbocycles. The van der Waals surface area contributed by atoms with E-state index < -0.39 is 5.67 Å². The molecule has 0 heterocycles. The van der Waals surface area contributed by atoms with Gasteiger partial charge in [0.1, 0.15) is 5.67 Å². The van der Waals surface area contributed by atoms with Crippen LogP contribution in [0.1, 0.15) is 34.1 Å². The van der Waals surface area contributed by atoms with Crippen molar-refractivity contribution >= 4 is 0 Å². The molecule has 1 heteroatoms. The van der Waals surface area contributed by atoms with Gasteiger partial charge in [0, 0.05) is 0 Å². The van der Waals surface area contributed by atoms with Crippen LogP contribution >= 0.6 is 0 Å². The molecule has 0 radical (unpaired) electrons.